The van der Waals surface area contributed by atoms with Crippen LogP contribution >= 0.6 is 0 Å². The molecule has 0 spiro atoms. The lowest BCUT2D eigenvalue weighted by molar-refractivity contribution is -0.0705. The summed E-state index contributed by atoms with van der Waals surface area (Å²) >= 11 is 0. The van der Waals surface area contributed by atoms with Crippen LogP contribution in [-0.4, -0.2) is 30.2 Å². The van der Waals surface area contributed by atoms with Crippen molar-refractivity contribution in [1.82, 2.24) is 4.90 Å². The van der Waals surface area contributed by atoms with Gasteiger partial charge in [0, 0.05) is 28.0 Å². The summed E-state index contributed by atoms with van der Waals surface area (Å²) in [5.41, 5.74) is 7.99. The van der Waals surface area contributed by atoms with Crippen molar-refractivity contribution in [2.75, 3.05) is 18.8 Å². The largest absolute Gasteiger partial charge is 0.399 e. The van der Waals surface area contributed by atoms with Gasteiger partial charge in [-0.3, -0.25) is 4.90 Å². The fraction of sp³-hybridized carbons (Fsp3) is 0.571. The molecule has 17 heavy (non-hydrogen) atoms. The molecule has 2 rings (SSSR count). The molecule has 1 aromatic carbocycles. The Balaban J connectivity index is 2.33. The normalized spacial score (nSPS) is 28.6. The Morgan fingerprint density at radius 2 is 2.06 bits per heavy atom. The van der Waals surface area contributed by atoms with Gasteiger partial charge in [-0.2, -0.15) is 0 Å². The zero-order chi connectivity index (χ0) is 14.2. The molecule has 1 aliphatic rings. The van der Waals surface area contributed by atoms with Crippen LogP contribution in [0.2, 0.25) is 0 Å². The molecule has 3 nitrogen and oxygen atoms in total. The van der Waals surface area contributed by atoms with Crippen LogP contribution in [0.4, 0.5) is 5.69 Å². The maximum Gasteiger partial charge on any atom is 0.0678 e. The average Bonchev–Trinajstić information content (AvgIpc) is 2.31. The molecule has 0 bridgehead atoms. The molecule has 1 aromatic rings. The van der Waals surface area contributed by atoms with E-state index in [2.05, 4.69) is 0 Å². The fourth-order valence-corrected chi connectivity index (χ4v) is 2.21. The van der Waals surface area contributed by atoms with Gasteiger partial charge < -0.3 is 10.5 Å². The molecule has 1 heterocycles. The van der Waals surface area contributed by atoms with Crippen LogP contribution in [0.25, 0.3) is 0 Å². The van der Waals surface area contributed by atoms with Crippen molar-refractivity contribution in [3.8, 4) is 0 Å². The van der Waals surface area contributed by atoms with Gasteiger partial charge >= 0.3 is 0 Å². The summed E-state index contributed by atoms with van der Waals surface area (Å²) in [7, 11) is 0. The molecule has 2 N–H and O–H groups in total. The Morgan fingerprint density at radius 3 is 2.71 bits per heavy atom. The standard InChI is InChI=1S/C14H22N2O/c1-10-7-16(8-11(2)17-10)9-13-5-4-6-14(15)12(13)3/h4-6,10-11H,7-9,15H2,1-3H3/i9D2. The minimum Gasteiger partial charge on any atom is -0.399 e. The van der Waals surface area contributed by atoms with Crippen molar-refractivity contribution in [3.05, 3.63) is 29.3 Å². The Hall–Kier alpha value is -1.06. The maximum absolute atomic E-state index is 8.46. The molecule has 0 aliphatic carbocycles. The van der Waals surface area contributed by atoms with Gasteiger partial charge in [0.25, 0.3) is 0 Å². The summed E-state index contributed by atoms with van der Waals surface area (Å²) in [6.07, 6.45) is 0.0837. The number of benzene rings is 1. The highest BCUT2D eigenvalue weighted by Gasteiger charge is 2.22. The predicted molar refractivity (Wildman–Crippen MR) is 70.9 cm³/mol. The van der Waals surface area contributed by atoms with Crippen LogP contribution in [0, 0.1) is 6.92 Å². The third kappa shape index (κ3) is 2.99. The van der Waals surface area contributed by atoms with E-state index >= 15 is 0 Å². The van der Waals surface area contributed by atoms with Crippen LogP contribution in [-0.2, 0) is 11.2 Å². The number of hydrogen-bond donors (Lipinski definition) is 1. The van der Waals surface area contributed by atoms with E-state index in [0.29, 0.717) is 24.3 Å². The molecular formula is C14H22N2O. The number of anilines is 1. The van der Waals surface area contributed by atoms with E-state index in [1.807, 2.05) is 37.8 Å². The molecular weight excluding hydrogens is 212 g/mol. The van der Waals surface area contributed by atoms with Crippen molar-refractivity contribution in [3.63, 3.8) is 0 Å². The van der Waals surface area contributed by atoms with E-state index in [-0.39, 0.29) is 12.2 Å². The van der Waals surface area contributed by atoms with Gasteiger partial charge in [0.1, 0.15) is 0 Å². The van der Waals surface area contributed by atoms with Gasteiger partial charge in [0.2, 0.25) is 0 Å². The van der Waals surface area contributed by atoms with E-state index in [1.165, 1.54) is 0 Å². The number of rotatable bonds is 2. The van der Waals surface area contributed by atoms with E-state index in [9.17, 15) is 0 Å². The fourth-order valence-electron chi connectivity index (χ4n) is 2.21. The zero-order valence-electron chi connectivity index (χ0n) is 12.7. The quantitative estimate of drug-likeness (QED) is 0.800. The Labute approximate surface area is 106 Å². The summed E-state index contributed by atoms with van der Waals surface area (Å²) in [6.45, 7) is 5.48. The SMILES string of the molecule is [2H]C([2H])(c1cccc(N)c1C)N1CC(C)OC(C)C1. The molecule has 0 radical (unpaired) electrons. The molecule has 1 aliphatic heterocycles. The van der Waals surface area contributed by atoms with Gasteiger partial charge in [-0.15, -0.1) is 0 Å². The minimum atomic E-state index is -1.52. The predicted octanol–water partition coefficient (Wildman–Crippen LogP) is 2.19. The lowest BCUT2D eigenvalue weighted by Gasteiger charge is -2.35. The van der Waals surface area contributed by atoms with Crippen LogP contribution in [0.15, 0.2) is 18.2 Å². The summed E-state index contributed by atoms with van der Waals surface area (Å²) < 4.78 is 22.6. The van der Waals surface area contributed by atoms with Gasteiger partial charge in [0.05, 0.1) is 12.2 Å². The molecule has 0 amide bonds. The topological polar surface area (TPSA) is 38.5 Å². The first-order valence-corrected chi connectivity index (χ1v) is 6.08. The van der Waals surface area contributed by atoms with Crippen molar-refractivity contribution >= 4 is 5.69 Å². The first-order chi connectivity index (χ1) is 8.82. The Bertz CT molecular complexity index is 455. The lowest BCUT2D eigenvalue weighted by atomic mass is 10.1. The molecule has 3 heteroatoms. The number of hydrogen-bond acceptors (Lipinski definition) is 3. The second-order valence-corrected chi connectivity index (χ2v) is 4.79. The average molecular weight is 236 g/mol. The molecule has 0 saturated carbocycles. The van der Waals surface area contributed by atoms with Crippen molar-refractivity contribution in [2.24, 2.45) is 0 Å². The molecule has 94 valence electrons. The highest BCUT2D eigenvalue weighted by atomic mass is 16.5. The van der Waals surface area contributed by atoms with Crippen molar-refractivity contribution < 1.29 is 7.48 Å². The molecule has 1 saturated heterocycles. The number of morpholine rings is 1. The smallest absolute Gasteiger partial charge is 0.0678 e. The summed E-state index contributed by atoms with van der Waals surface area (Å²) in [5, 5.41) is 0. The van der Waals surface area contributed by atoms with Crippen LogP contribution < -0.4 is 5.73 Å². The van der Waals surface area contributed by atoms with Crippen LogP contribution in [0.1, 0.15) is 27.7 Å². The van der Waals surface area contributed by atoms with E-state index < -0.39 is 6.50 Å². The first kappa shape index (κ1) is 9.92. The van der Waals surface area contributed by atoms with E-state index in [4.69, 9.17) is 13.2 Å². The summed E-state index contributed by atoms with van der Waals surface area (Å²) in [6, 6.07) is 5.43. The molecule has 1 fully saturated rings. The van der Waals surface area contributed by atoms with Gasteiger partial charge in [-0.05, 0) is 38.0 Å². The second-order valence-electron chi connectivity index (χ2n) is 4.79. The van der Waals surface area contributed by atoms with Gasteiger partial charge in [-0.25, -0.2) is 0 Å². The summed E-state index contributed by atoms with van der Waals surface area (Å²) in [4.78, 5) is 1.84. The first-order valence-electron chi connectivity index (χ1n) is 7.08. The molecule has 0 aromatic heterocycles. The monoisotopic (exact) mass is 236 g/mol. The molecule has 2 unspecified atom stereocenters. The third-order valence-corrected chi connectivity index (χ3v) is 3.07. The molecule has 2 atom stereocenters. The minimum absolute atomic E-state index is 0.0418. The second kappa shape index (κ2) is 5.07. The van der Waals surface area contributed by atoms with Crippen molar-refractivity contribution in [2.45, 2.75) is 39.5 Å². The number of nitrogen functional groups attached to an aromatic ring is 1. The lowest BCUT2D eigenvalue weighted by Crippen LogP contribution is -2.44. The number of nitrogens with zero attached hydrogens (tertiary/aromatic N) is 1. The highest BCUT2D eigenvalue weighted by Crippen LogP contribution is 2.19. The maximum atomic E-state index is 8.46. The van der Waals surface area contributed by atoms with Crippen LogP contribution in [0.5, 0.6) is 0 Å². The van der Waals surface area contributed by atoms with Crippen LogP contribution in [0.3, 0.4) is 0 Å². The zero-order valence-corrected chi connectivity index (χ0v) is 10.7. The van der Waals surface area contributed by atoms with E-state index in [1.54, 1.807) is 6.07 Å². The third-order valence-electron chi connectivity index (χ3n) is 3.07. The number of nitrogens with two attached hydrogens (primary N) is 1. The Kier molecular flexibility index (Phi) is 2.96. The van der Waals surface area contributed by atoms with Crippen molar-refractivity contribution in [1.29, 1.82) is 0 Å². The Morgan fingerprint density at radius 1 is 1.41 bits per heavy atom. The number of ether oxygens (including phenoxy) is 1. The van der Waals surface area contributed by atoms with Gasteiger partial charge in [0.15, 0.2) is 0 Å². The van der Waals surface area contributed by atoms with E-state index in [0.717, 1.165) is 5.56 Å². The highest BCUT2D eigenvalue weighted by molar-refractivity contribution is 5.49. The summed E-state index contributed by atoms with van der Waals surface area (Å²) in [5.74, 6) is 0. The van der Waals surface area contributed by atoms with Gasteiger partial charge in [-0.1, -0.05) is 12.1 Å².